The van der Waals surface area contributed by atoms with Crippen LogP contribution >= 0.6 is 24.0 Å². The molecule has 7 heteroatoms. The molecule has 140 valence electrons. The average molecular weight is 402 g/mol. The summed E-state index contributed by atoms with van der Waals surface area (Å²) in [6, 6.07) is 15.1. The number of thiocarbonyl (C=S) groups is 1. The lowest BCUT2D eigenvalue weighted by Crippen LogP contribution is -2.22. The van der Waals surface area contributed by atoms with Gasteiger partial charge in [0.1, 0.15) is 23.3 Å². The van der Waals surface area contributed by atoms with Crippen molar-refractivity contribution in [2.24, 2.45) is 0 Å². The lowest BCUT2D eigenvalue weighted by molar-refractivity contribution is -0.121. The minimum absolute atomic E-state index is 0.0950. The highest BCUT2D eigenvalue weighted by atomic mass is 32.2. The van der Waals surface area contributed by atoms with Crippen LogP contribution < -0.4 is 14.2 Å². The molecule has 2 aromatic rings. The lowest BCUT2D eigenvalue weighted by Gasteiger charge is -2.12. The first-order valence-electron chi connectivity index (χ1n) is 8.28. The molecule has 0 saturated carbocycles. The van der Waals surface area contributed by atoms with Gasteiger partial charge in [-0.3, -0.25) is 9.69 Å². The molecule has 3 rings (SSSR count). The fraction of sp³-hybridized carbons (Fsp3) is 0.200. The van der Waals surface area contributed by atoms with Crippen molar-refractivity contribution in [1.82, 2.24) is 4.90 Å². The van der Waals surface area contributed by atoms with Gasteiger partial charge in [-0.2, -0.15) is 0 Å². The summed E-state index contributed by atoms with van der Waals surface area (Å²) in [7, 11) is 3.26. The first-order valence-corrected chi connectivity index (χ1v) is 9.51. The van der Waals surface area contributed by atoms with Gasteiger partial charge in [0.25, 0.3) is 5.91 Å². The molecule has 0 spiro atoms. The van der Waals surface area contributed by atoms with Gasteiger partial charge in [-0.15, -0.1) is 0 Å². The van der Waals surface area contributed by atoms with E-state index in [1.165, 1.54) is 16.7 Å². The zero-order chi connectivity index (χ0) is 19.2. The van der Waals surface area contributed by atoms with Crippen molar-refractivity contribution in [2.75, 3.05) is 27.4 Å². The molecule has 1 heterocycles. The Kier molecular flexibility index (Phi) is 6.36. The fourth-order valence-corrected chi connectivity index (χ4v) is 3.60. The number of amides is 1. The number of likely N-dealkylation sites (N-methyl/N-ethyl adjacent to an activating group) is 1. The second kappa shape index (κ2) is 8.92. The fourth-order valence-electron chi connectivity index (χ4n) is 2.42. The second-order valence-corrected chi connectivity index (χ2v) is 7.34. The highest BCUT2D eigenvalue weighted by Gasteiger charge is 2.28. The number of benzene rings is 2. The molecule has 1 aliphatic rings. The second-order valence-electron chi connectivity index (χ2n) is 5.66. The Bertz CT molecular complexity index is 868. The van der Waals surface area contributed by atoms with Crippen LogP contribution in [0.15, 0.2) is 53.4 Å². The van der Waals surface area contributed by atoms with Gasteiger partial charge in [0.2, 0.25) is 0 Å². The number of carbonyl (C=O) groups excluding carboxylic acids is 1. The third kappa shape index (κ3) is 4.81. The number of hydrogen-bond acceptors (Lipinski definition) is 6. The largest absolute Gasteiger partial charge is 0.493 e. The Hall–Kier alpha value is -2.51. The van der Waals surface area contributed by atoms with Crippen molar-refractivity contribution in [2.45, 2.75) is 0 Å². The van der Waals surface area contributed by atoms with Crippen LogP contribution in [0.3, 0.4) is 0 Å². The molecule has 0 unspecified atom stereocenters. The van der Waals surface area contributed by atoms with Crippen molar-refractivity contribution in [3.05, 3.63) is 59.0 Å². The van der Waals surface area contributed by atoms with Crippen LogP contribution in [-0.2, 0) is 4.79 Å². The molecule has 0 atom stereocenters. The lowest BCUT2D eigenvalue weighted by atomic mass is 10.2. The van der Waals surface area contributed by atoms with Crippen molar-refractivity contribution in [3.8, 4) is 17.2 Å². The number of para-hydroxylation sites is 1. The third-order valence-corrected chi connectivity index (χ3v) is 5.31. The van der Waals surface area contributed by atoms with Gasteiger partial charge in [-0.05, 0) is 35.9 Å². The summed E-state index contributed by atoms with van der Waals surface area (Å²) in [6.45, 7) is 0.812. The number of hydrogen-bond donors (Lipinski definition) is 0. The number of carbonyl (C=O) groups is 1. The highest BCUT2D eigenvalue weighted by Crippen LogP contribution is 2.34. The smallest absolute Gasteiger partial charge is 0.265 e. The van der Waals surface area contributed by atoms with Gasteiger partial charge in [0, 0.05) is 7.05 Å². The van der Waals surface area contributed by atoms with Crippen molar-refractivity contribution in [3.63, 3.8) is 0 Å². The molecule has 0 aliphatic carbocycles. The third-order valence-electron chi connectivity index (χ3n) is 3.82. The van der Waals surface area contributed by atoms with Crippen LogP contribution in [0.1, 0.15) is 5.56 Å². The van der Waals surface area contributed by atoms with E-state index >= 15 is 0 Å². The van der Waals surface area contributed by atoms with Gasteiger partial charge in [-0.25, -0.2) is 0 Å². The van der Waals surface area contributed by atoms with Crippen LogP contribution in [-0.4, -0.2) is 42.5 Å². The maximum Gasteiger partial charge on any atom is 0.265 e. The summed E-state index contributed by atoms with van der Waals surface area (Å²) < 4.78 is 17.3. The van der Waals surface area contributed by atoms with Gasteiger partial charge >= 0.3 is 0 Å². The topological polar surface area (TPSA) is 48.0 Å². The molecule has 5 nitrogen and oxygen atoms in total. The number of thioether (sulfide) groups is 1. The Morgan fingerprint density at radius 3 is 2.48 bits per heavy atom. The van der Waals surface area contributed by atoms with Crippen LogP contribution in [0.2, 0.25) is 0 Å². The van der Waals surface area contributed by atoms with Crippen LogP contribution in [0.25, 0.3) is 6.08 Å². The highest BCUT2D eigenvalue weighted by molar-refractivity contribution is 8.26. The maximum atomic E-state index is 12.1. The Morgan fingerprint density at radius 2 is 1.81 bits per heavy atom. The zero-order valence-corrected chi connectivity index (χ0v) is 16.6. The maximum absolute atomic E-state index is 12.1. The van der Waals surface area contributed by atoms with Gasteiger partial charge in [0.15, 0.2) is 11.5 Å². The number of methoxy groups -OCH3 is 1. The van der Waals surface area contributed by atoms with Crippen molar-refractivity contribution >= 4 is 40.3 Å². The molecule has 0 aromatic heterocycles. The Morgan fingerprint density at radius 1 is 1.07 bits per heavy atom. The molecule has 1 fully saturated rings. The van der Waals surface area contributed by atoms with E-state index in [9.17, 15) is 4.79 Å². The monoisotopic (exact) mass is 401 g/mol. The van der Waals surface area contributed by atoms with E-state index < -0.39 is 0 Å². The van der Waals surface area contributed by atoms with E-state index in [-0.39, 0.29) is 5.91 Å². The summed E-state index contributed by atoms with van der Waals surface area (Å²) in [5, 5.41) is 0. The van der Waals surface area contributed by atoms with E-state index in [0.29, 0.717) is 33.9 Å². The van der Waals surface area contributed by atoms with Crippen LogP contribution in [0, 0.1) is 0 Å². The van der Waals surface area contributed by atoms with Gasteiger partial charge in [-0.1, -0.05) is 48.2 Å². The summed E-state index contributed by atoms with van der Waals surface area (Å²) >= 11 is 6.44. The zero-order valence-electron chi connectivity index (χ0n) is 15.0. The molecule has 1 saturated heterocycles. The minimum Gasteiger partial charge on any atom is -0.493 e. The molecule has 0 bridgehead atoms. The first kappa shape index (κ1) is 19.3. The van der Waals surface area contributed by atoms with E-state index in [2.05, 4.69) is 0 Å². The molecule has 2 aromatic carbocycles. The quantitative estimate of drug-likeness (QED) is 0.397. The predicted octanol–water partition coefficient (Wildman–Crippen LogP) is 3.98. The number of ether oxygens (including phenoxy) is 3. The molecule has 0 radical (unpaired) electrons. The van der Waals surface area contributed by atoms with Crippen molar-refractivity contribution < 1.29 is 19.0 Å². The van der Waals surface area contributed by atoms with E-state index in [0.717, 1.165) is 11.3 Å². The summed E-state index contributed by atoms with van der Waals surface area (Å²) in [4.78, 5) is 14.2. The molecule has 27 heavy (non-hydrogen) atoms. The summed E-state index contributed by atoms with van der Waals surface area (Å²) in [6.07, 6.45) is 1.80. The summed E-state index contributed by atoms with van der Waals surface area (Å²) in [5.74, 6) is 1.92. The van der Waals surface area contributed by atoms with Gasteiger partial charge in [0.05, 0.1) is 12.0 Å². The SMILES string of the molecule is COc1cc(C=C2SC(=S)N(C)C2=O)ccc1OCCOc1ccccc1. The van der Waals surface area contributed by atoms with Crippen molar-refractivity contribution in [1.29, 1.82) is 0 Å². The minimum atomic E-state index is -0.0950. The number of rotatable bonds is 7. The van der Waals surface area contributed by atoms with E-state index in [4.69, 9.17) is 26.4 Å². The Balaban J connectivity index is 1.62. The predicted molar refractivity (Wildman–Crippen MR) is 111 cm³/mol. The van der Waals surface area contributed by atoms with Crippen LogP contribution in [0.4, 0.5) is 0 Å². The van der Waals surface area contributed by atoms with E-state index in [1.54, 1.807) is 20.2 Å². The average Bonchev–Trinajstić information content (AvgIpc) is 2.93. The molecular formula is C20H19NO4S2. The van der Waals surface area contributed by atoms with Crippen LogP contribution in [0.5, 0.6) is 17.2 Å². The van der Waals surface area contributed by atoms with E-state index in [1.807, 2.05) is 48.5 Å². The first-order chi connectivity index (χ1) is 13.1. The number of nitrogens with zero attached hydrogens (tertiary/aromatic N) is 1. The summed E-state index contributed by atoms with van der Waals surface area (Å²) in [5.41, 5.74) is 0.841. The standard InChI is InChI=1S/C20H19NO4S2/c1-21-19(22)18(27-20(21)26)13-14-8-9-16(17(12-14)23-2)25-11-10-24-15-6-4-3-5-7-15/h3-9,12-13H,10-11H2,1-2H3. The molecule has 1 aliphatic heterocycles. The Labute approximate surface area is 167 Å². The normalized spacial score (nSPS) is 15.3. The molecule has 1 amide bonds. The van der Waals surface area contributed by atoms with Gasteiger partial charge < -0.3 is 14.2 Å². The molecule has 0 N–H and O–H groups in total. The molecular weight excluding hydrogens is 382 g/mol.